The van der Waals surface area contributed by atoms with Crippen LogP contribution in [0.15, 0.2) is 35.7 Å². The van der Waals surface area contributed by atoms with Crippen molar-refractivity contribution in [1.29, 1.82) is 0 Å². The Morgan fingerprint density at radius 1 is 1.43 bits per heavy atom. The number of nitrogens with zero attached hydrogens (tertiary/aromatic N) is 3. The summed E-state index contributed by atoms with van der Waals surface area (Å²) in [5.41, 5.74) is 0.883. The average molecular weight is 351 g/mol. The highest BCUT2D eigenvalue weighted by Gasteiger charge is 2.23. The molecule has 1 aliphatic carbocycles. The highest BCUT2D eigenvalue weighted by molar-refractivity contribution is 8.00. The van der Waals surface area contributed by atoms with Crippen molar-refractivity contribution in [2.45, 2.75) is 49.1 Å². The van der Waals surface area contributed by atoms with Crippen LogP contribution in [0, 0.1) is 0 Å². The van der Waals surface area contributed by atoms with Crippen LogP contribution in [-0.4, -0.2) is 32.0 Å². The lowest BCUT2D eigenvalue weighted by Crippen LogP contribution is -2.37. The van der Waals surface area contributed by atoms with Crippen LogP contribution in [0.4, 0.5) is 0 Å². The van der Waals surface area contributed by atoms with Crippen LogP contribution in [0.1, 0.15) is 32.6 Å². The summed E-state index contributed by atoms with van der Waals surface area (Å²) >= 11 is 7.44. The number of nitrogens with one attached hydrogen (secondary N) is 1. The van der Waals surface area contributed by atoms with Gasteiger partial charge in [-0.2, -0.15) is 0 Å². The van der Waals surface area contributed by atoms with Crippen molar-refractivity contribution in [3.63, 3.8) is 0 Å². The summed E-state index contributed by atoms with van der Waals surface area (Å²) in [4.78, 5) is 12.3. The lowest BCUT2D eigenvalue weighted by Gasteiger charge is -2.16. The van der Waals surface area contributed by atoms with E-state index in [1.807, 2.05) is 35.8 Å². The van der Waals surface area contributed by atoms with Crippen LogP contribution in [0.5, 0.6) is 0 Å². The minimum absolute atomic E-state index is 0.0579. The molecule has 1 N–H and O–H groups in total. The van der Waals surface area contributed by atoms with Crippen LogP contribution in [0.3, 0.4) is 0 Å². The Bertz CT molecular complexity index is 684. The number of hydrogen-bond acceptors (Lipinski definition) is 4. The third-order valence-electron chi connectivity index (χ3n) is 3.96. The van der Waals surface area contributed by atoms with Crippen molar-refractivity contribution in [2.24, 2.45) is 0 Å². The zero-order chi connectivity index (χ0) is 16.2. The first kappa shape index (κ1) is 16.3. The Hall–Kier alpha value is -1.53. The number of carbonyl (C=O) groups excluding carboxylic acids is 1. The SMILES string of the molecule is CC(Sc1nncn1-c1cccc(Cl)c1)C(=O)NC1CCCC1. The van der Waals surface area contributed by atoms with Crippen LogP contribution in [-0.2, 0) is 4.79 Å². The highest BCUT2D eigenvalue weighted by atomic mass is 35.5. The van der Waals surface area contributed by atoms with Gasteiger partial charge in [-0.05, 0) is 38.0 Å². The normalized spacial score (nSPS) is 16.4. The third-order valence-corrected chi connectivity index (χ3v) is 5.25. The summed E-state index contributed by atoms with van der Waals surface area (Å²) in [6, 6.07) is 7.81. The first-order valence-electron chi connectivity index (χ1n) is 7.76. The molecule has 1 heterocycles. The van der Waals surface area contributed by atoms with Crippen LogP contribution >= 0.6 is 23.4 Å². The molecule has 1 aromatic carbocycles. The minimum Gasteiger partial charge on any atom is -0.352 e. The van der Waals surface area contributed by atoms with E-state index in [0.717, 1.165) is 18.5 Å². The molecule has 0 saturated heterocycles. The molecule has 0 aliphatic heterocycles. The van der Waals surface area contributed by atoms with E-state index in [4.69, 9.17) is 11.6 Å². The minimum atomic E-state index is -0.224. The molecule has 1 fully saturated rings. The summed E-state index contributed by atoms with van der Waals surface area (Å²) in [6.07, 6.45) is 6.21. The van der Waals surface area contributed by atoms with Crippen LogP contribution in [0.25, 0.3) is 5.69 Å². The molecule has 5 nitrogen and oxygen atoms in total. The number of amides is 1. The van der Waals surface area contributed by atoms with Gasteiger partial charge in [0.05, 0.1) is 10.9 Å². The Labute approximate surface area is 144 Å². The molecular formula is C16H19ClN4OS. The maximum absolute atomic E-state index is 12.3. The summed E-state index contributed by atoms with van der Waals surface area (Å²) in [5.74, 6) is 0.0579. The number of benzene rings is 1. The zero-order valence-corrected chi connectivity index (χ0v) is 14.5. The average Bonchev–Trinajstić information content (AvgIpc) is 3.18. The van der Waals surface area contributed by atoms with Crippen molar-refractivity contribution in [3.05, 3.63) is 35.6 Å². The second kappa shape index (κ2) is 7.36. The number of halogens is 1. The molecule has 1 aliphatic rings. The van der Waals surface area contributed by atoms with Crippen LogP contribution in [0.2, 0.25) is 5.02 Å². The molecule has 1 atom stereocenters. The number of rotatable bonds is 5. The molecule has 1 unspecified atom stereocenters. The van der Waals surface area contributed by atoms with Gasteiger partial charge < -0.3 is 5.32 Å². The molecule has 0 spiro atoms. The number of hydrogen-bond donors (Lipinski definition) is 1. The van der Waals surface area contributed by atoms with Crippen molar-refractivity contribution >= 4 is 29.3 Å². The second-order valence-electron chi connectivity index (χ2n) is 5.71. The van der Waals surface area contributed by atoms with Gasteiger partial charge in [0.15, 0.2) is 5.16 Å². The summed E-state index contributed by atoms with van der Waals surface area (Å²) in [5, 5.41) is 12.3. The first-order valence-corrected chi connectivity index (χ1v) is 9.02. The number of thioether (sulfide) groups is 1. The molecule has 3 rings (SSSR count). The van der Waals surface area contributed by atoms with E-state index in [1.54, 1.807) is 6.33 Å². The standard InChI is InChI=1S/C16H19ClN4OS/c1-11(15(22)19-13-6-2-3-7-13)23-16-20-18-10-21(16)14-8-4-5-12(17)9-14/h4-5,8-11,13H,2-3,6-7H2,1H3,(H,19,22). The maximum atomic E-state index is 12.3. The van der Waals surface area contributed by atoms with Gasteiger partial charge in [0, 0.05) is 11.1 Å². The van der Waals surface area contributed by atoms with Crippen molar-refractivity contribution in [1.82, 2.24) is 20.1 Å². The van der Waals surface area contributed by atoms with E-state index in [-0.39, 0.29) is 11.2 Å². The second-order valence-corrected chi connectivity index (χ2v) is 7.46. The Kier molecular flexibility index (Phi) is 5.23. The van der Waals surface area contributed by atoms with Crippen molar-refractivity contribution in [2.75, 3.05) is 0 Å². The van der Waals surface area contributed by atoms with E-state index >= 15 is 0 Å². The van der Waals surface area contributed by atoms with Gasteiger partial charge in [0.25, 0.3) is 0 Å². The molecule has 23 heavy (non-hydrogen) atoms. The molecule has 1 aromatic heterocycles. The van der Waals surface area contributed by atoms with E-state index in [9.17, 15) is 4.79 Å². The zero-order valence-electron chi connectivity index (χ0n) is 12.9. The Balaban J connectivity index is 1.68. The van der Waals surface area contributed by atoms with E-state index in [1.165, 1.54) is 24.6 Å². The summed E-state index contributed by atoms with van der Waals surface area (Å²) in [6.45, 7) is 1.89. The third kappa shape index (κ3) is 4.06. The Morgan fingerprint density at radius 3 is 2.96 bits per heavy atom. The highest BCUT2D eigenvalue weighted by Crippen LogP contribution is 2.26. The van der Waals surface area contributed by atoms with Gasteiger partial charge in [-0.15, -0.1) is 10.2 Å². The molecular weight excluding hydrogens is 332 g/mol. The van der Waals surface area contributed by atoms with Crippen LogP contribution < -0.4 is 5.32 Å². The topological polar surface area (TPSA) is 59.8 Å². The summed E-state index contributed by atoms with van der Waals surface area (Å²) in [7, 11) is 0. The smallest absolute Gasteiger partial charge is 0.233 e. The van der Waals surface area contributed by atoms with E-state index in [0.29, 0.717) is 16.2 Å². The summed E-state index contributed by atoms with van der Waals surface area (Å²) < 4.78 is 1.84. The first-order chi connectivity index (χ1) is 11.1. The quantitative estimate of drug-likeness (QED) is 0.839. The monoisotopic (exact) mass is 350 g/mol. The molecule has 0 radical (unpaired) electrons. The fourth-order valence-electron chi connectivity index (χ4n) is 2.71. The van der Waals surface area contributed by atoms with Gasteiger partial charge in [-0.25, -0.2) is 0 Å². The predicted molar refractivity (Wildman–Crippen MR) is 92.1 cm³/mol. The van der Waals surface area contributed by atoms with Gasteiger partial charge >= 0.3 is 0 Å². The van der Waals surface area contributed by atoms with E-state index < -0.39 is 0 Å². The largest absolute Gasteiger partial charge is 0.352 e. The fraction of sp³-hybridized carbons (Fsp3) is 0.438. The lowest BCUT2D eigenvalue weighted by molar-refractivity contribution is -0.120. The van der Waals surface area contributed by atoms with Crippen molar-refractivity contribution in [3.8, 4) is 5.69 Å². The Morgan fingerprint density at radius 2 is 2.22 bits per heavy atom. The molecule has 122 valence electrons. The molecule has 7 heteroatoms. The predicted octanol–water partition coefficient (Wildman–Crippen LogP) is 3.46. The molecule has 0 bridgehead atoms. The fourth-order valence-corrected chi connectivity index (χ4v) is 3.74. The van der Waals surface area contributed by atoms with Gasteiger partial charge in [0.1, 0.15) is 6.33 Å². The van der Waals surface area contributed by atoms with Gasteiger partial charge in [-0.1, -0.05) is 42.3 Å². The molecule has 2 aromatic rings. The number of aromatic nitrogens is 3. The maximum Gasteiger partial charge on any atom is 0.233 e. The van der Waals surface area contributed by atoms with Crippen molar-refractivity contribution < 1.29 is 4.79 Å². The number of carbonyl (C=O) groups is 1. The molecule has 1 amide bonds. The van der Waals surface area contributed by atoms with Gasteiger partial charge in [0.2, 0.25) is 5.91 Å². The molecule has 1 saturated carbocycles. The lowest BCUT2D eigenvalue weighted by atomic mass is 10.2. The van der Waals surface area contributed by atoms with Gasteiger partial charge in [-0.3, -0.25) is 9.36 Å². The van der Waals surface area contributed by atoms with E-state index in [2.05, 4.69) is 15.5 Å².